The second-order valence-corrected chi connectivity index (χ2v) is 4.78. The molecule has 0 amide bonds. The maximum absolute atomic E-state index is 12.1. The van der Waals surface area contributed by atoms with Crippen molar-refractivity contribution in [2.24, 2.45) is 17.2 Å². The molecule has 19 heavy (non-hydrogen) atoms. The van der Waals surface area contributed by atoms with Crippen LogP contribution in [0.2, 0.25) is 0 Å². The third-order valence-corrected chi connectivity index (χ3v) is 3.45. The number of nitrogens with two attached hydrogens (primary N) is 3. The zero-order chi connectivity index (χ0) is 13.8. The minimum atomic E-state index is -1.55. The maximum atomic E-state index is 12.1. The van der Waals surface area contributed by atoms with Crippen molar-refractivity contribution < 1.29 is 14.3 Å². The van der Waals surface area contributed by atoms with Crippen molar-refractivity contribution in [1.82, 2.24) is 0 Å². The SMILES string of the molecule is NC1CC2=C(OC1(N)N)c1ccccc1C(=O)C2=O. The third kappa shape index (κ3) is 1.61. The first-order chi connectivity index (χ1) is 8.92. The lowest BCUT2D eigenvalue weighted by atomic mass is 9.83. The van der Waals surface area contributed by atoms with E-state index in [9.17, 15) is 9.59 Å². The predicted molar refractivity (Wildman–Crippen MR) is 67.5 cm³/mol. The fraction of sp³-hybridized carbons (Fsp3) is 0.231. The standard InChI is InChI=1S/C13H13N3O3/c14-9-5-8-11(18)10(17)6-3-1-2-4-7(6)12(8)19-13(9,15)16/h1-4,9H,5,14-16H2. The molecule has 0 saturated heterocycles. The molecule has 6 heteroatoms. The van der Waals surface area contributed by atoms with Crippen molar-refractivity contribution in [2.45, 2.75) is 18.3 Å². The summed E-state index contributed by atoms with van der Waals surface area (Å²) in [6, 6.07) is 5.96. The number of ether oxygens (including phenoxy) is 1. The summed E-state index contributed by atoms with van der Waals surface area (Å²) in [5, 5.41) is 0. The Labute approximate surface area is 109 Å². The van der Waals surface area contributed by atoms with Crippen LogP contribution in [-0.4, -0.2) is 23.5 Å². The molecule has 1 atom stereocenters. The van der Waals surface area contributed by atoms with Crippen LogP contribution in [-0.2, 0) is 9.53 Å². The van der Waals surface area contributed by atoms with Crippen molar-refractivity contribution in [3.63, 3.8) is 0 Å². The average molecular weight is 259 g/mol. The van der Waals surface area contributed by atoms with Crippen LogP contribution in [0, 0.1) is 0 Å². The van der Waals surface area contributed by atoms with Crippen LogP contribution in [0.4, 0.5) is 0 Å². The molecule has 0 radical (unpaired) electrons. The normalized spacial score (nSPS) is 24.7. The molecule has 3 rings (SSSR count). The summed E-state index contributed by atoms with van der Waals surface area (Å²) >= 11 is 0. The number of carbonyl (C=O) groups is 2. The van der Waals surface area contributed by atoms with Crippen LogP contribution in [0.15, 0.2) is 29.8 Å². The Morgan fingerprint density at radius 2 is 1.74 bits per heavy atom. The highest BCUT2D eigenvalue weighted by Crippen LogP contribution is 2.37. The van der Waals surface area contributed by atoms with Crippen LogP contribution in [0.25, 0.3) is 5.76 Å². The molecule has 1 heterocycles. The predicted octanol–water partition coefficient (Wildman–Crippen LogP) is -0.518. The highest BCUT2D eigenvalue weighted by atomic mass is 16.5. The lowest BCUT2D eigenvalue weighted by molar-refractivity contribution is -0.112. The van der Waals surface area contributed by atoms with Gasteiger partial charge in [-0.15, -0.1) is 0 Å². The Balaban J connectivity index is 2.23. The zero-order valence-corrected chi connectivity index (χ0v) is 10.1. The molecular weight excluding hydrogens is 246 g/mol. The van der Waals surface area contributed by atoms with Crippen LogP contribution in [0.1, 0.15) is 22.3 Å². The summed E-state index contributed by atoms with van der Waals surface area (Å²) in [5.74, 6) is -2.43. The minimum absolute atomic E-state index is 0.126. The van der Waals surface area contributed by atoms with E-state index in [4.69, 9.17) is 21.9 Å². The molecule has 1 aromatic carbocycles. The lowest BCUT2D eigenvalue weighted by Gasteiger charge is -2.39. The lowest BCUT2D eigenvalue weighted by Crippen LogP contribution is -2.66. The van der Waals surface area contributed by atoms with E-state index in [-0.39, 0.29) is 17.8 Å². The molecule has 98 valence electrons. The quantitative estimate of drug-likeness (QED) is 0.426. The Morgan fingerprint density at radius 1 is 1.11 bits per heavy atom. The van der Waals surface area contributed by atoms with E-state index in [0.717, 1.165) is 0 Å². The van der Waals surface area contributed by atoms with E-state index in [2.05, 4.69) is 0 Å². The first-order valence-electron chi connectivity index (χ1n) is 5.86. The summed E-state index contributed by atoms with van der Waals surface area (Å²) in [5.41, 5.74) is 18.4. The molecule has 1 aliphatic heterocycles. The van der Waals surface area contributed by atoms with E-state index in [1.54, 1.807) is 24.3 Å². The van der Waals surface area contributed by atoms with Crippen molar-refractivity contribution in [2.75, 3.05) is 0 Å². The minimum Gasteiger partial charge on any atom is -0.457 e. The van der Waals surface area contributed by atoms with Crippen molar-refractivity contribution in [3.8, 4) is 0 Å². The third-order valence-electron chi connectivity index (χ3n) is 3.45. The molecule has 0 fully saturated rings. The highest BCUT2D eigenvalue weighted by molar-refractivity contribution is 6.52. The van der Waals surface area contributed by atoms with Gasteiger partial charge in [-0.2, -0.15) is 0 Å². The Morgan fingerprint density at radius 3 is 2.42 bits per heavy atom. The van der Waals surface area contributed by atoms with Gasteiger partial charge >= 0.3 is 0 Å². The summed E-state index contributed by atoms with van der Waals surface area (Å²) in [7, 11) is 0. The molecule has 1 aliphatic carbocycles. The van der Waals surface area contributed by atoms with Gasteiger partial charge in [0.25, 0.3) is 0 Å². The molecular formula is C13H13N3O3. The average Bonchev–Trinajstić information content (AvgIpc) is 2.38. The molecule has 6 nitrogen and oxygen atoms in total. The topological polar surface area (TPSA) is 121 Å². The summed E-state index contributed by atoms with van der Waals surface area (Å²) in [4.78, 5) is 24.1. The van der Waals surface area contributed by atoms with Gasteiger partial charge in [0.2, 0.25) is 17.4 Å². The first-order valence-corrected chi connectivity index (χ1v) is 5.86. The summed E-state index contributed by atoms with van der Waals surface area (Å²) in [6.07, 6.45) is 0.126. The van der Waals surface area contributed by atoms with E-state index in [0.29, 0.717) is 11.1 Å². The van der Waals surface area contributed by atoms with Crippen LogP contribution < -0.4 is 17.2 Å². The summed E-state index contributed by atoms with van der Waals surface area (Å²) in [6.45, 7) is 0. The van der Waals surface area contributed by atoms with Gasteiger partial charge in [0.05, 0.1) is 6.04 Å². The van der Waals surface area contributed by atoms with E-state index >= 15 is 0 Å². The van der Waals surface area contributed by atoms with Gasteiger partial charge in [0.1, 0.15) is 5.76 Å². The molecule has 2 aliphatic rings. The summed E-state index contributed by atoms with van der Waals surface area (Å²) < 4.78 is 5.47. The maximum Gasteiger partial charge on any atom is 0.234 e. The Kier molecular flexibility index (Phi) is 2.37. The number of benzene rings is 1. The van der Waals surface area contributed by atoms with Gasteiger partial charge in [0.15, 0.2) is 0 Å². The largest absolute Gasteiger partial charge is 0.457 e. The van der Waals surface area contributed by atoms with E-state index < -0.39 is 23.5 Å². The first kappa shape index (κ1) is 12.0. The molecule has 0 saturated carbocycles. The molecule has 1 aromatic rings. The Bertz CT molecular complexity index is 634. The second-order valence-electron chi connectivity index (χ2n) is 4.78. The van der Waals surface area contributed by atoms with Crippen molar-refractivity contribution in [1.29, 1.82) is 0 Å². The number of hydrogen-bond donors (Lipinski definition) is 3. The molecule has 0 aromatic heterocycles. The van der Waals surface area contributed by atoms with Gasteiger partial charge < -0.3 is 10.5 Å². The monoisotopic (exact) mass is 259 g/mol. The fourth-order valence-corrected chi connectivity index (χ4v) is 2.34. The number of hydrogen-bond acceptors (Lipinski definition) is 6. The van der Waals surface area contributed by atoms with Gasteiger partial charge in [-0.3, -0.25) is 21.1 Å². The molecule has 6 N–H and O–H groups in total. The Hall–Kier alpha value is -2.02. The van der Waals surface area contributed by atoms with Gasteiger partial charge in [-0.1, -0.05) is 24.3 Å². The van der Waals surface area contributed by atoms with Crippen molar-refractivity contribution in [3.05, 3.63) is 41.0 Å². The smallest absolute Gasteiger partial charge is 0.234 e. The number of carbonyl (C=O) groups excluding carboxylic acids is 2. The van der Waals surface area contributed by atoms with Crippen LogP contribution in [0.5, 0.6) is 0 Å². The van der Waals surface area contributed by atoms with E-state index in [1.165, 1.54) is 0 Å². The molecule has 0 spiro atoms. The fourth-order valence-electron chi connectivity index (χ4n) is 2.34. The number of rotatable bonds is 0. The van der Waals surface area contributed by atoms with Crippen LogP contribution >= 0.6 is 0 Å². The second kappa shape index (κ2) is 3.74. The van der Waals surface area contributed by atoms with Gasteiger partial charge in [-0.25, -0.2) is 0 Å². The van der Waals surface area contributed by atoms with Gasteiger partial charge in [-0.05, 0) is 0 Å². The van der Waals surface area contributed by atoms with Gasteiger partial charge in [0, 0.05) is 23.1 Å². The zero-order valence-electron chi connectivity index (χ0n) is 10.1. The van der Waals surface area contributed by atoms with Crippen molar-refractivity contribution >= 4 is 17.3 Å². The number of Topliss-reactive ketones (excluding diaryl/α,β-unsaturated/α-hetero) is 2. The van der Waals surface area contributed by atoms with E-state index in [1.807, 2.05) is 0 Å². The highest BCUT2D eigenvalue weighted by Gasteiger charge is 2.44. The molecule has 0 bridgehead atoms. The molecule has 1 unspecified atom stereocenters. The van der Waals surface area contributed by atoms with Crippen LogP contribution in [0.3, 0.4) is 0 Å². The number of ketones is 2. The number of fused-ring (bicyclic) bond motifs is 2.